The molecule has 1 aromatic carbocycles. The van der Waals surface area contributed by atoms with Crippen LogP contribution in [0.2, 0.25) is 0 Å². The van der Waals surface area contributed by atoms with Crippen molar-refractivity contribution in [3.8, 4) is 6.07 Å². The second-order valence-corrected chi connectivity index (χ2v) is 5.72. The topological polar surface area (TPSA) is 35.8 Å². The van der Waals surface area contributed by atoms with Gasteiger partial charge in [-0.3, -0.25) is 0 Å². The average Bonchev–Trinajstić information content (AvgIpc) is 2.81. The van der Waals surface area contributed by atoms with Gasteiger partial charge in [-0.1, -0.05) is 6.07 Å². The van der Waals surface area contributed by atoms with Crippen molar-refractivity contribution < 1.29 is 0 Å². The molecule has 0 spiro atoms. The fourth-order valence-corrected chi connectivity index (χ4v) is 3.14. The number of rotatable bonds is 4. The molecular formula is C14H14N2S2. The molecule has 92 valence electrons. The van der Waals surface area contributed by atoms with Gasteiger partial charge in [0.05, 0.1) is 11.3 Å². The van der Waals surface area contributed by atoms with E-state index in [2.05, 4.69) is 29.8 Å². The molecule has 0 saturated heterocycles. The van der Waals surface area contributed by atoms with Crippen molar-refractivity contribution in [2.24, 2.45) is 0 Å². The monoisotopic (exact) mass is 274 g/mol. The van der Waals surface area contributed by atoms with Gasteiger partial charge in [-0.15, -0.1) is 23.1 Å². The lowest BCUT2D eigenvalue weighted by Gasteiger charge is -2.10. The van der Waals surface area contributed by atoms with Gasteiger partial charge in [-0.25, -0.2) is 0 Å². The van der Waals surface area contributed by atoms with Gasteiger partial charge in [-0.2, -0.15) is 5.26 Å². The van der Waals surface area contributed by atoms with E-state index in [4.69, 9.17) is 0 Å². The Hall–Kier alpha value is -1.44. The standard InChI is InChI=1S/C14H14N2S2/c1-10-6-7-18-14(10)9-16-12-4-3-5-13(17-2)11(12)8-15/h3-7,16H,9H2,1-2H3. The minimum atomic E-state index is 0.735. The summed E-state index contributed by atoms with van der Waals surface area (Å²) < 4.78 is 0. The van der Waals surface area contributed by atoms with Crippen molar-refractivity contribution in [2.75, 3.05) is 11.6 Å². The summed E-state index contributed by atoms with van der Waals surface area (Å²) >= 11 is 3.34. The number of thiophene rings is 1. The fourth-order valence-electron chi connectivity index (χ4n) is 1.72. The highest BCUT2D eigenvalue weighted by Gasteiger charge is 2.07. The maximum Gasteiger partial charge on any atom is 0.102 e. The molecule has 2 aromatic rings. The summed E-state index contributed by atoms with van der Waals surface area (Å²) in [6.07, 6.45) is 1.99. The van der Waals surface area contributed by atoms with Crippen LogP contribution < -0.4 is 5.32 Å². The Morgan fingerprint density at radius 3 is 2.83 bits per heavy atom. The third-order valence-electron chi connectivity index (χ3n) is 2.77. The van der Waals surface area contributed by atoms with Crippen LogP contribution in [0.5, 0.6) is 0 Å². The molecule has 1 aromatic heterocycles. The lowest BCUT2D eigenvalue weighted by molar-refractivity contribution is 1.15. The summed E-state index contributed by atoms with van der Waals surface area (Å²) in [5, 5.41) is 14.7. The molecule has 0 aliphatic carbocycles. The van der Waals surface area contributed by atoms with Crippen molar-refractivity contribution in [3.05, 3.63) is 45.6 Å². The normalized spacial score (nSPS) is 10.1. The molecule has 0 fully saturated rings. The molecule has 0 radical (unpaired) electrons. The summed E-state index contributed by atoms with van der Waals surface area (Å²) in [6, 6.07) is 10.3. The van der Waals surface area contributed by atoms with Crippen LogP contribution in [0, 0.1) is 18.3 Å². The zero-order valence-corrected chi connectivity index (χ0v) is 12.0. The quantitative estimate of drug-likeness (QED) is 0.846. The lowest BCUT2D eigenvalue weighted by atomic mass is 10.2. The van der Waals surface area contributed by atoms with Crippen LogP contribution in [0.4, 0.5) is 5.69 Å². The maximum absolute atomic E-state index is 9.24. The molecule has 1 heterocycles. The van der Waals surface area contributed by atoms with Gasteiger partial charge in [0.25, 0.3) is 0 Å². The molecule has 0 amide bonds. The van der Waals surface area contributed by atoms with Crippen LogP contribution in [-0.4, -0.2) is 6.26 Å². The second-order valence-electron chi connectivity index (χ2n) is 3.87. The van der Waals surface area contributed by atoms with Gasteiger partial charge in [0.1, 0.15) is 6.07 Å². The van der Waals surface area contributed by atoms with Crippen LogP contribution in [0.1, 0.15) is 16.0 Å². The molecule has 2 rings (SSSR count). The second kappa shape index (κ2) is 5.94. The van der Waals surface area contributed by atoms with Crippen LogP contribution >= 0.6 is 23.1 Å². The third kappa shape index (κ3) is 2.69. The third-order valence-corrected chi connectivity index (χ3v) is 4.57. The van der Waals surface area contributed by atoms with E-state index in [0.717, 1.165) is 22.7 Å². The first-order chi connectivity index (χ1) is 8.76. The first-order valence-electron chi connectivity index (χ1n) is 5.60. The first kappa shape index (κ1) is 13.0. The Bertz CT molecular complexity index is 582. The predicted octanol–water partition coefficient (Wildman–Crippen LogP) is 4.26. The van der Waals surface area contributed by atoms with Crippen LogP contribution in [0.3, 0.4) is 0 Å². The smallest absolute Gasteiger partial charge is 0.102 e. The van der Waals surface area contributed by atoms with Gasteiger partial charge < -0.3 is 5.32 Å². The lowest BCUT2D eigenvalue weighted by Crippen LogP contribution is -2.01. The highest BCUT2D eigenvalue weighted by molar-refractivity contribution is 7.98. The number of hydrogen-bond acceptors (Lipinski definition) is 4. The van der Waals surface area contributed by atoms with E-state index in [1.165, 1.54) is 10.4 Å². The number of hydrogen-bond donors (Lipinski definition) is 1. The molecule has 0 unspecified atom stereocenters. The summed E-state index contributed by atoms with van der Waals surface area (Å²) in [7, 11) is 0. The molecule has 4 heteroatoms. The number of thioether (sulfide) groups is 1. The Balaban J connectivity index is 2.20. The highest BCUT2D eigenvalue weighted by atomic mass is 32.2. The van der Waals surface area contributed by atoms with E-state index >= 15 is 0 Å². The van der Waals surface area contributed by atoms with E-state index in [1.54, 1.807) is 23.1 Å². The maximum atomic E-state index is 9.24. The summed E-state index contributed by atoms with van der Waals surface area (Å²) in [6.45, 7) is 2.88. The van der Waals surface area contributed by atoms with Crippen molar-refractivity contribution >= 4 is 28.8 Å². The predicted molar refractivity (Wildman–Crippen MR) is 79.3 cm³/mol. The summed E-state index contributed by atoms with van der Waals surface area (Å²) in [4.78, 5) is 2.33. The SMILES string of the molecule is CSc1cccc(NCc2sccc2C)c1C#N. The van der Waals surface area contributed by atoms with E-state index in [9.17, 15) is 5.26 Å². The minimum Gasteiger partial charge on any atom is -0.379 e. The highest BCUT2D eigenvalue weighted by Crippen LogP contribution is 2.27. The number of aryl methyl sites for hydroxylation is 1. The average molecular weight is 274 g/mol. The Morgan fingerprint density at radius 1 is 1.39 bits per heavy atom. The molecule has 0 aliphatic heterocycles. The van der Waals surface area contributed by atoms with E-state index < -0.39 is 0 Å². The van der Waals surface area contributed by atoms with Crippen molar-refractivity contribution in [2.45, 2.75) is 18.4 Å². The van der Waals surface area contributed by atoms with E-state index in [0.29, 0.717) is 0 Å². The molecule has 0 saturated carbocycles. The molecule has 0 atom stereocenters. The Kier molecular flexibility index (Phi) is 4.29. The molecule has 1 N–H and O–H groups in total. The number of nitrogens with one attached hydrogen (secondary N) is 1. The van der Waals surface area contributed by atoms with E-state index in [1.807, 2.05) is 24.5 Å². The zero-order chi connectivity index (χ0) is 13.0. The number of nitrogens with zero attached hydrogens (tertiary/aromatic N) is 1. The largest absolute Gasteiger partial charge is 0.379 e. The molecule has 18 heavy (non-hydrogen) atoms. The van der Waals surface area contributed by atoms with Crippen molar-refractivity contribution in [1.29, 1.82) is 5.26 Å². The van der Waals surface area contributed by atoms with Crippen LogP contribution in [0.25, 0.3) is 0 Å². The molecule has 0 bridgehead atoms. The van der Waals surface area contributed by atoms with Crippen LogP contribution in [-0.2, 0) is 6.54 Å². The molecular weight excluding hydrogens is 260 g/mol. The fraction of sp³-hybridized carbons (Fsp3) is 0.214. The molecule has 2 nitrogen and oxygen atoms in total. The Morgan fingerprint density at radius 2 is 2.22 bits per heavy atom. The zero-order valence-electron chi connectivity index (χ0n) is 10.4. The first-order valence-corrected chi connectivity index (χ1v) is 7.70. The molecule has 0 aliphatic rings. The number of nitriles is 1. The van der Waals surface area contributed by atoms with Gasteiger partial charge in [0.2, 0.25) is 0 Å². The summed E-state index contributed by atoms with van der Waals surface area (Å²) in [5.74, 6) is 0. The van der Waals surface area contributed by atoms with Crippen molar-refractivity contribution in [1.82, 2.24) is 0 Å². The van der Waals surface area contributed by atoms with E-state index in [-0.39, 0.29) is 0 Å². The van der Waals surface area contributed by atoms with Crippen LogP contribution in [0.15, 0.2) is 34.5 Å². The summed E-state index contributed by atoms with van der Waals surface area (Å²) in [5.41, 5.74) is 2.95. The van der Waals surface area contributed by atoms with Gasteiger partial charge in [0.15, 0.2) is 0 Å². The number of benzene rings is 1. The van der Waals surface area contributed by atoms with Gasteiger partial charge >= 0.3 is 0 Å². The van der Waals surface area contributed by atoms with Gasteiger partial charge in [-0.05, 0) is 42.3 Å². The minimum absolute atomic E-state index is 0.735. The van der Waals surface area contributed by atoms with Gasteiger partial charge in [0, 0.05) is 16.3 Å². The Labute approximate surface area is 116 Å². The number of anilines is 1. The van der Waals surface area contributed by atoms with Crippen molar-refractivity contribution in [3.63, 3.8) is 0 Å².